The number of rotatable bonds is 3. The molecule has 5 nitrogen and oxygen atoms in total. The van der Waals surface area contributed by atoms with Crippen molar-refractivity contribution in [3.05, 3.63) is 41.5 Å². The number of hydrogen-bond acceptors (Lipinski definition) is 4. The van der Waals surface area contributed by atoms with E-state index in [0.717, 1.165) is 6.08 Å². The lowest BCUT2D eigenvalue weighted by atomic mass is 10.1. The summed E-state index contributed by atoms with van der Waals surface area (Å²) in [5, 5.41) is 15.9. The second-order valence-electron chi connectivity index (χ2n) is 3.58. The fourth-order valence-corrected chi connectivity index (χ4v) is 1.34. The fourth-order valence-electron chi connectivity index (χ4n) is 1.34. The summed E-state index contributed by atoms with van der Waals surface area (Å²) in [5.74, 6) is -1.13. The van der Waals surface area contributed by atoms with Gasteiger partial charge in [-0.15, -0.1) is 10.2 Å². The predicted molar refractivity (Wildman–Crippen MR) is 61.1 cm³/mol. The van der Waals surface area contributed by atoms with Gasteiger partial charge in [0, 0.05) is 17.7 Å². The molecule has 2 rings (SSSR count). The Morgan fingerprint density at radius 2 is 2.22 bits per heavy atom. The molecule has 18 heavy (non-hydrogen) atoms. The van der Waals surface area contributed by atoms with Gasteiger partial charge in [-0.3, -0.25) is 0 Å². The zero-order valence-corrected chi connectivity index (χ0v) is 9.42. The van der Waals surface area contributed by atoms with Crippen LogP contribution in [0.2, 0.25) is 0 Å². The average Bonchev–Trinajstić information content (AvgIpc) is 2.79. The fraction of sp³-hybridized carbons (Fsp3) is 0.0833. The third-order valence-electron chi connectivity index (χ3n) is 2.21. The molecule has 0 unspecified atom stereocenters. The summed E-state index contributed by atoms with van der Waals surface area (Å²) >= 11 is 0. The van der Waals surface area contributed by atoms with Crippen molar-refractivity contribution in [1.29, 1.82) is 0 Å². The Kier molecular flexibility index (Phi) is 3.18. The van der Waals surface area contributed by atoms with Crippen molar-refractivity contribution in [1.82, 2.24) is 10.2 Å². The van der Waals surface area contributed by atoms with Gasteiger partial charge >= 0.3 is 5.97 Å². The molecule has 1 heterocycles. The molecule has 0 amide bonds. The van der Waals surface area contributed by atoms with E-state index >= 15 is 0 Å². The van der Waals surface area contributed by atoms with Crippen molar-refractivity contribution in [2.45, 2.75) is 6.92 Å². The van der Waals surface area contributed by atoms with Gasteiger partial charge in [0.05, 0.1) is 0 Å². The lowest BCUT2D eigenvalue weighted by Crippen LogP contribution is -1.85. The second kappa shape index (κ2) is 4.79. The molecule has 0 atom stereocenters. The molecule has 0 saturated carbocycles. The van der Waals surface area contributed by atoms with Crippen LogP contribution < -0.4 is 0 Å². The molecule has 0 aliphatic heterocycles. The van der Waals surface area contributed by atoms with Crippen LogP contribution in [0.3, 0.4) is 0 Å². The monoisotopic (exact) mass is 248 g/mol. The highest BCUT2D eigenvalue weighted by molar-refractivity contribution is 5.84. The Labute approximate surface area is 102 Å². The van der Waals surface area contributed by atoms with Crippen LogP contribution in [-0.2, 0) is 4.79 Å². The Bertz CT molecular complexity index is 620. The van der Waals surface area contributed by atoms with Crippen LogP contribution in [0.1, 0.15) is 11.5 Å². The first-order valence-corrected chi connectivity index (χ1v) is 5.07. The third-order valence-corrected chi connectivity index (χ3v) is 2.21. The highest BCUT2D eigenvalue weighted by atomic mass is 19.1. The number of aliphatic carboxylic acids is 1. The van der Waals surface area contributed by atoms with Gasteiger partial charge in [-0.25, -0.2) is 9.18 Å². The largest absolute Gasteiger partial charge is 0.478 e. The lowest BCUT2D eigenvalue weighted by Gasteiger charge is -1.97. The molecular weight excluding hydrogens is 239 g/mol. The van der Waals surface area contributed by atoms with Gasteiger partial charge in [-0.1, -0.05) is 0 Å². The molecule has 0 saturated heterocycles. The number of benzene rings is 1. The lowest BCUT2D eigenvalue weighted by molar-refractivity contribution is -0.131. The number of nitrogens with zero attached hydrogens (tertiary/aromatic N) is 2. The van der Waals surface area contributed by atoms with Gasteiger partial charge in [-0.05, 0) is 30.7 Å². The number of aromatic nitrogens is 2. The van der Waals surface area contributed by atoms with E-state index in [-0.39, 0.29) is 17.6 Å². The molecule has 0 spiro atoms. The summed E-state index contributed by atoms with van der Waals surface area (Å²) < 4.78 is 18.3. The van der Waals surface area contributed by atoms with Crippen molar-refractivity contribution in [3.63, 3.8) is 0 Å². The van der Waals surface area contributed by atoms with E-state index in [9.17, 15) is 9.18 Å². The predicted octanol–water partition coefficient (Wildman–Crippen LogP) is 2.28. The first-order chi connectivity index (χ1) is 8.56. The van der Waals surface area contributed by atoms with E-state index in [1.165, 1.54) is 18.2 Å². The van der Waals surface area contributed by atoms with Gasteiger partial charge in [0.25, 0.3) is 0 Å². The molecule has 92 valence electrons. The number of carboxylic acid groups (broad SMARTS) is 1. The van der Waals surface area contributed by atoms with Crippen LogP contribution >= 0.6 is 0 Å². The molecule has 0 fully saturated rings. The smallest absolute Gasteiger partial charge is 0.328 e. The van der Waals surface area contributed by atoms with E-state index in [2.05, 4.69) is 10.2 Å². The minimum atomic E-state index is -1.10. The maximum atomic E-state index is 13.1. The van der Waals surface area contributed by atoms with E-state index in [4.69, 9.17) is 9.52 Å². The molecule has 1 aromatic carbocycles. The third kappa shape index (κ3) is 2.60. The van der Waals surface area contributed by atoms with Crippen LogP contribution in [0.25, 0.3) is 17.5 Å². The quantitative estimate of drug-likeness (QED) is 0.843. The van der Waals surface area contributed by atoms with Crippen molar-refractivity contribution in [3.8, 4) is 11.5 Å². The normalized spacial score (nSPS) is 11.0. The number of aryl methyl sites for hydroxylation is 1. The number of carboxylic acids is 1. The van der Waals surface area contributed by atoms with Crippen molar-refractivity contribution in [2.75, 3.05) is 0 Å². The highest BCUT2D eigenvalue weighted by Crippen LogP contribution is 2.20. The van der Waals surface area contributed by atoms with E-state index in [1.54, 1.807) is 13.0 Å². The maximum absolute atomic E-state index is 13.1. The average molecular weight is 248 g/mol. The molecule has 1 aromatic heterocycles. The standard InChI is InChI=1S/C12H9FN2O3/c1-7-6-8(2-3-9(7)13)12-15-14-10(18-12)4-5-11(16)17/h2-6H,1H3,(H,16,17)/b5-4+. The first-order valence-electron chi connectivity index (χ1n) is 5.07. The molecule has 0 bridgehead atoms. The van der Waals surface area contributed by atoms with Crippen LogP contribution in [0.15, 0.2) is 28.7 Å². The Morgan fingerprint density at radius 1 is 1.44 bits per heavy atom. The van der Waals surface area contributed by atoms with Crippen LogP contribution in [0.4, 0.5) is 4.39 Å². The SMILES string of the molecule is Cc1cc(-c2nnc(/C=C/C(=O)O)o2)ccc1F. The van der Waals surface area contributed by atoms with E-state index in [1.807, 2.05) is 0 Å². The number of carbonyl (C=O) groups is 1. The van der Waals surface area contributed by atoms with E-state index in [0.29, 0.717) is 11.1 Å². The second-order valence-corrected chi connectivity index (χ2v) is 3.58. The Hall–Kier alpha value is -2.50. The van der Waals surface area contributed by atoms with Crippen LogP contribution in [0.5, 0.6) is 0 Å². The molecule has 0 aliphatic carbocycles. The van der Waals surface area contributed by atoms with Gasteiger partial charge in [0.15, 0.2) is 0 Å². The molecule has 2 aromatic rings. The highest BCUT2D eigenvalue weighted by Gasteiger charge is 2.08. The molecule has 0 radical (unpaired) electrons. The molecular formula is C12H9FN2O3. The Balaban J connectivity index is 2.29. The summed E-state index contributed by atoms with van der Waals surface area (Å²) in [6.45, 7) is 1.63. The first kappa shape index (κ1) is 12.0. The molecule has 1 N–H and O–H groups in total. The van der Waals surface area contributed by atoms with Crippen LogP contribution in [0, 0.1) is 12.7 Å². The van der Waals surface area contributed by atoms with Crippen LogP contribution in [-0.4, -0.2) is 21.3 Å². The zero-order chi connectivity index (χ0) is 13.1. The van der Waals surface area contributed by atoms with Gasteiger partial charge in [-0.2, -0.15) is 0 Å². The van der Waals surface area contributed by atoms with Crippen molar-refractivity contribution in [2.24, 2.45) is 0 Å². The minimum absolute atomic E-state index is 0.0781. The number of hydrogen-bond donors (Lipinski definition) is 1. The molecule has 0 aliphatic rings. The van der Waals surface area contributed by atoms with Crippen molar-refractivity contribution >= 4 is 12.0 Å². The summed E-state index contributed by atoms with van der Waals surface area (Å²) in [6.07, 6.45) is 2.09. The van der Waals surface area contributed by atoms with Gasteiger partial charge < -0.3 is 9.52 Å². The number of halogens is 1. The van der Waals surface area contributed by atoms with Crippen molar-refractivity contribution < 1.29 is 18.7 Å². The maximum Gasteiger partial charge on any atom is 0.328 e. The molecule has 6 heteroatoms. The van der Waals surface area contributed by atoms with Gasteiger partial charge in [0.1, 0.15) is 5.82 Å². The Morgan fingerprint density at radius 3 is 2.89 bits per heavy atom. The zero-order valence-electron chi connectivity index (χ0n) is 9.42. The topological polar surface area (TPSA) is 76.2 Å². The summed E-state index contributed by atoms with van der Waals surface area (Å²) in [6, 6.07) is 4.40. The van der Waals surface area contributed by atoms with Gasteiger partial charge in [0.2, 0.25) is 11.8 Å². The summed E-state index contributed by atoms with van der Waals surface area (Å²) in [4.78, 5) is 10.3. The minimum Gasteiger partial charge on any atom is -0.478 e. The summed E-state index contributed by atoms with van der Waals surface area (Å²) in [7, 11) is 0. The summed E-state index contributed by atoms with van der Waals surface area (Å²) in [5.41, 5.74) is 1.05. The van der Waals surface area contributed by atoms with E-state index < -0.39 is 5.97 Å².